The molecule has 0 aromatic heterocycles. The first kappa shape index (κ1) is 14.2. The molecule has 2 aromatic rings. The molecule has 2 aromatic carbocycles. The normalized spacial score (nSPS) is 14.5. The van der Waals surface area contributed by atoms with Gasteiger partial charge in [0.15, 0.2) is 0 Å². The first-order valence-electron chi connectivity index (χ1n) is 7.56. The topological polar surface area (TPSA) is 15.3 Å². The average Bonchev–Trinajstić information content (AvgIpc) is 2.56. The summed E-state index contributed by atoms with van der Waals surface area (Å²) in [6.45, 7) is 4.08. The Balaban J connectivity index is 2.24. The van der Waals surface area contributed by atoms with Crippen LogP contribution >= 0.6 is 0 Å². The molecule has 1 aliphatic rings. The molecule has 1 N–H and O–H groups in total. The highest BCUT2D eigenvalue weighted by molar-refractivity contribution is 5.85. The van der Waals surface area contributed by atoms with Crippen molar-refractivity contribution >= 4 is 17.1 Å². The van der Waals surface area contributed by atoms with Crippen molar-refractivity contribution in [1.29, 1.82) is 0 Å². The minimum Gasteiger partial charge on any atom is -0.352 e. The van der Waals surface area contributed by atoms with E-state index in [0.717, 1.165) is 28.5 Å². The number of para-hydroxylation sites is 3. The SMILES string of the molecule is C/C=C\C1=C(/C=C\C)N(c2ccccc2)c2ccccc2N1. The number of hydrogen-bond donors (Lipinski definition) is 1. The molecule has 22 heavy (non-hydrogen) atoms. The predicted octanol–water partition coefficient (Wildman–Crippen LogP) is 5.61. The molecule has 0 aliphatic carbocycles. The first-order chi connectivity index (χ1) is 10.8. The minimum absolute atomic E-state index is 1.10. The number of nitrogens with one attached hydrogen (secondary N) is 1. The monoisotopic (exact) mass is 288 g/mol. The van der Waals surface area contributed by atoms with Crippen LogP contribution in [0.1, 0.15) is 13.8 Å². The van der Waals surface area contributed by atoms with Gasteiger partial charge in [0.25, 0.3) is 0 Å². The van der Waals surface area contributed by atoms with E-state index in [1.54, 1.807) is 0 Å². The van der Waals surface area contributed by atoms with Crippen LogP contribution in [0.3, 0.4) is 0 Å². The van der Waals surface area contributed by atoms with E-state index < -0.39 is 0 Å². The van der Waals surface area contributed by atoms with Crippen LogP contribution in [0.15, 0.2) is 90.3 Å². The molecule has 0 fully saturated rings. The Kier molecular flexibility index (Phi) is 4.10. The molecular weight excluding hydrogens is 268 g/mol. The third-order valence-corrected chi connectivity index (χ3v) is 3.60. The molecule has 1 heterocycles. The van der Waals surface area contributed by atoms with E-state index in [1.165, 1.54) is 0 Å². The summed E-state index contributed by atoms with van der Waals surface area (Å²) in [5, 5.41) is 3.53. The van der Waals surface area contributed by atoms with Gasteiger partial charge in [-0.3, -0.25) is 0 Å². The van der Waals surface area contributed by atoms with Crippen molar-refractivity contribution in [1.82, 2.24) is 0 Å². The lowest BCUT2D eigenvalue weighted by atomic mass is 10.1. The molecule has 0 radical (unpaired) electrons. The molecular formula is C20H20N2. The van der Waals surface area contributed by atoms with Gasteiger partial charge in [-0.1, -0.05) is 42.5 Å². The van der Waals surface area contributed by atoms with E-state index in [2.05, 4.69) is 83.1 Å². The van der Waals surface area contributed by atoms with Crippen molar-refractivity contribution in [3.8, 4) is 0 Å². The van der Waals surface area contributed by atoms with Gasteiger partial charge in [-0.25, -0.2) is 0 Å². The molecule has 1 aliphatic heterocycles. The Labute approximate surface area is 132 Å². The summed E-state index contributed by atoms with van der Waals surface area (Å²) in [6, 6.07) is 18.9. The molecule has 0 bridgehead atoms. The van der Waals surface area contributed by atoms with Gasteiger partial charge in [0.1, 0.15) is 0 Å². The zero-order chi connectivity index (χ0) is 15.4. The van der Waals surface area contributed by atoms with Gasteiger partial charge in [0, 0.05) is 5.69 Å². The highest BCUT2D eigenvalue weighted by atomic mass is 15.2. The van der Waals surface area contributed by atoms with E-state index in [0.29, 0.717) is 0 Å². The molecule has 0 amide bonds. The summed E-state index contributed by atoms with van der Waals surface area (Å²) in [7, 11) is 0. The van der Waals surface area contributed by atoms with Crippen LogP contribution in [0.4, 0.5) is 17.1 Å². The number of hydrogen-bond acceptors (Lipinski definition) is 2. The fraction of sp³-hybridized carbons (Fsp3) is 0.100. The standard InChI is InChI=1S/C20H20N2/c1-3-10-17-19(11-4-2)22(16-12-6-5-7-13-16)20-15-9-8-14-18(20)21-17/h3-15,21H,1-2H3/b10-3-,11-4-. The summed E-state index contributed by atoms with van der Waals surface area (Å²) in [5.41, 5.74) is 5.68. The second kappa shape index (κ2) is 6.35. The highest BCUT2D eigenvalue weighted by Crippen LogP contribution is 2.41. The Morgan fingerprint density at radius 1 is 0.818 bits per heavy atom. The van der Waals surface area contributed by atoms with Crippen molar-refractivity contribution in [2.45, 2.75) is 13.8 Å². The molecule has 0 saturated carbocycles. The molecule has 0 atom stereocenters. The summed E-state index contributed by atoms with van der Waals surface area (Å²) in [4.78, 5) is 2.29. The Hall–Kier alpha value is -2.74. The van der Waals surface area contributed by atoms with Crippen molar-refractivity contribution in [2.75, 3.05) is 10.2 Å². The van der Waals surface area contributed by atoms with Gasteiger partial charge in [0.05, 0.1) is 22.8 Å². The lowest BCUT2D eigenvalue weighted by Gasteiger charge is -2.34. The van der Waals surface area contributed by atoms with Crippen LogP contribution in [0.5, 0.6) is 0 Å². The number of benzene rings is 2. The highest BCUT2D eigenvalue weighted by Gasteiger charge is 2.23. The molecule has 0 unspecified atom stereocenters. The van der Waals surface area contributed by atoms with Crippen LogP contribution in [0.2, 0.25) is 0 Å². The van der Waals surface area contributed by atoms with E-state index in [4.69, 9.17) is 0 Å². The van der Waals surface area contributed by atoms with E-state index in [9.17, 15) is 0 Å². The quantitative estimate of drug-likeness (QED) is 0.789. The number of nitrogens with zero attached hydrogens (tertiary/aromatic N) is 1. The van der Waals surface area contributed by atoms with Crippen LogP contribution in [0, 0.1) is 0 Å². The fourth-order valence-electron chi connectivity index (χ4n) is 2.70. The maximum absolute atomic E-state index is 3.53. The van der Waals surface area contributed by atoms with E-state index in [1.807, 2.05) is 19.9 Å². The molecule has 0 spiro atoms. The van der Waals surface area contributed by atoms with Gasteiger partial charge in [-0.05, 0) is 50.3 Å². The van der Waals surface area contributed by atoms with E-state index in [-0.39, 0.29) is 0 Å². The predicted molar refractivity (Wildman–Crippen MR) is 95.3 cm³/mol. The minimum atomic E-state index is 1.10. The summed E-state index contributed by atoms with van der Waals surface area (Å²) in [5.74, 6) is 0. The van der Waals surface area contributed by atoms with Gasteiger partial charge in [-0.15, -0.1) is 0 Å². The number of anilines is 3. The second-order valence-corrected chi connectivity index (χ2v) is 5.11. The zero-order valence-electron chi connectivity index (χ0n) is 13.0. The number of rotatable bonds is 3. The summed E-state index contributed by atoms with van der Waals surface area (Å²) in [6.07, 6.45) is 8.39. The maximum Gasteiger partial charge on any atom is 0.0697 e. The van der Waals surface area contributed by atoms with Crippen LogP contribution in [-0.2, 0) is 0 Å². The molecule has 2 nitrogen and oxygen atoms in total. The smallest absolute Gasteiger partial charge is 0.0697 e. The van der Waals surface area contributed by atoms with Gasteiger partial charge in [0.2, 0.25) is 0 Å². The number of fused-ring (bicyclic) bond motifs is 1. The molecule has 3 rings (SSSR count). The molecule has 2 heteroatoms. The maximum atomic E-state index is 3.53. The third kappa shape index (κ3) is 2.56. The van der Waals surface area contributed by atoms with Gasteiger partial charge >= 0.3 is 0 Å². The largest absolute Gasteiger partial charge is 0.352 e. The summed E-state index contributed by atoms with van der Waals surface area (Å²) >= 11 is 0. The zero-order valence-corrected chi connectivity index (χ0v) is 13.0. The Bertz CT molecular complexity index is 739. The lowest BCUT2D eigenvalue weighted by Crippen LogP contribution is -2.24. The first-order valence-corrected chi connectivity index (χ1v) is 7.56. The Morgan fingerprint density at radius 2 is 1.50 bits per heavy atom. The fourth-order valence-corrected chi connectivity index (χ4v) is 2.70. The van der Waals surface area contributed by atoms with Gasteiger partial charge < -0.3 is 10.2 Å². The number of allylic oxidation sites excluding steroid dienone is 4. The van der Waals surface area contributed by atoms with Crippen molar-refractivity contribution in [2.24, 2.45) is 0 Å². The summed E-state index contributed by atoms with van der Waals surface area (Å²) < 4.78 is 0. The van der Waals surface area contributed by atoms with Crippen molar-refractivity contribution < 1.29 is 0 Å². The second-order valence-electron chi connectivity index (χ2n) is 5.11. The van der Waals surface area contributed by atoms with Crippen molar-refractivity contribution in [3.05, 3.63) is 90.3 Å². The molecule has 110 valence electrons. The molecule has 0 saturated heterocycles. The average molecular weight is 288 g/mol. The van der Waals surface area contributed by atoms with Gasteiger partial charge in [-0.2, -0.15) is 0 Å². The van der Waals surface area contributed by atoms with Crippen molar-refractivity contribution in [3.63, 3.8) is 0 Å². The Morgan fingerprint density at radius 3 is 2.23 bits per heavy atom. The van der Waals surface area contributed by atoms with Crippen LogP contribution < -0.4 is 10.2 Å². The third-order valence-electron chi connectivity index (χ3n) is 3.60. The van der Waals surface area contributed by atoms with E-state index >= 15 is 0 Å². The van der Waals surface area contributed by atoms with Crippen LogP contribution in [-0.4, -0.2) is 0 Å². The lowest BCUT2D eigenvalue weighted by molar-refractivity contribution is 1.14. The van der Waals surface area contributed by atoms with Crippen LogP contribution in [0.25, 0.3) is 0 Å².